The van der Waals surface area contributed by atoms with E-state index in [1.807, 2.05) is 13.8 Å². The zero-order valence-electron chi connectivity index (χ0n) is 10.5. The minimum Gasteiger partial charge on any atom is -0.379 e. The fourth-order valence-electron chi connectivity index (χ4n) is 2.18. The van der Waals surface area contributed by atoms with E-state index in [-0.39, 0.29) is 0 Å². The Balaban J connectivity index is 0.000000531. The molecule has 1 atom stereocenters. The minimum atomic E-state index is 0.741. The van der Waals surface area contributed by atoms with E-state index in [1.54, 1.807) is 0 Å². The van der Waals surface area contributed by atoms with Crippen molar-refractivity contribution in [3.05, 3.63) is 0 Å². The fraction of sp³-hybridized carbons (Fsp3) is 1.00. The summed E-state index contributed by atoms with van der Waals surface area (Å²) in [5.74, 6) is 0. The van der Waals surface area contributed by atoms with Crippen molar-refractivity contribution in [2.75, 3.05) is 45.7 Å². The SMILES string of the molecule is CC.CPCC1(CN2CCOCC2)CC1. The molecule has 1 aliphatic heterocycles. The van der Waals surface area contributed by atoms with Gasteiger partial charge in [0.2, 0.25) is 0 Å². The Hall–Kier alpha value is 0.350. The standard InChI is InChI=1S/C10H20NOP.C2H6/c1-13-9-10(2-3-10)8-11-4-6-12-7-5-11;1-2/h13H,2-9H2,1H3;1-2H3. The Labute approximate surface area is 96.5 Å². The van der Waals surface area contributed by atoms with E-state index in [2.05, 4.69) is 11.6 Å². The number of hydrogen-bond acceptors (Lipinski definition) is 2. The summed E-state index contributed by atoms with van der Waals surface area (Å²) in [6, 6.07) is 0. The zero-order chi connectivity index (χ0) is 11.1. The lowest BCUT2D eigenvalue weighted by Crippen LogP contribution is -2.40. The maximum absolute atomic E-state index is 5.35. The average molecular weight is 231 g/mol. The van der Waals surface area contributed by atoms with Crippen molar-refractivity contribution in [2.24, 2.45) is 5.41 Å². The second-order valence-corrected chi connectivity index (χ2v) is 5.48. The first-order valence-electron chi connectivity index (χ1n) is 6.29. The quantitative estimate of drug-likeness (QED) is 0.689. The van der Waals surface area contributed by atoms with Gasteiger partial charge >= 0.3 is 0 Å². The Morgan fingerprint density at radius 2 is 1.80 bits per heavy atom. The van der Waals surface area contributed by atoms with Crippen molar-refractivity contribution in [3.8, 4) is 0 Å². The highest BCUT2D eigenvalue weighted by Gasteiger charge is 2.42. The number of hydrogen-bond donors (Lipinski definition) is 0. The van der Waals surface area contributed by atoms with E-state index in [9.17, 15) is 0 Å². The van der Waals surface area contributed by atoms with Crippen LogP contribution in [0.15, 0.2) is 0 Å². The monoisotopic (exact) mass is 231 g/mol. The first-order valence-corrected chi connectivity index (χ1v) is 8.00. The summed E-state index contributed by atoms with van der Waals surface area (Å²) in [5.41, 5.74) is 0.741. The summed E-state index contributed by atoms with van der Waals surface area (Å²) in [6.45, 7) is 11.9. The van der Waals surface area contributed by atoms with Gasteiger partial charge in [-0.3, -0.25) is 4.90 Å². The maximum atomic E-state index is 5.35. The molecule has 1 heterocycles. The van der Waals surface area contributed by atoms with Crippen LogP contribution in [0.1, 0.15) is 26.7 Å². The summed E-state index contributed by atoms with van der Waals surface area (Å²) < 4.78 is 5.35. The van der Waals surface area contributed by atoms with Crippen LogP contribution in [-0.2, 0) is 4.74 Å². The number of ether oxygens (including phenoxy) is 1. The van der Waals surface area contributed by atoms with Crippen molar-refractivity contribution in [2.45, 2.75) is 26.7 Å². The van der Waals surface area contributed by atoms with Gasteiger partial charge in [-0.1, -0.05) is 13.8 Å². The predicted octanol–water partition coefficient (Wildman–Crippen LogP) is 2.43. The molecule has 2 aliphatic rings. The van der Waals surface area contributed by atoms with Crippen LogP contribution in [0.3, 0.4) is 0 Å². The van der Waals surface area contributed by atoms with Crippen LogP contribution in [0.25, 0.3) is 0 Å². The highest BCUT2D eigenvalue weighted by Crippen LogP contribution is 2.49. The summed E-state index contributed by atoms with van der Waals surface area (Å²) >= 11 is 0. The molecule has 0 aromatic heterocycles. The van der Waals surface area contributed by atoms with E-state index in [0.717, 1.165) is 40.3 Å². The van der Waals surface area contributed by atoms with E-state index < -0.39 is 0 Å². The van der Waals surface area contributed by atoms with Gasteiger partial charge in [-0.15, -0.1) is 8.58 Å². The van der Waals surface area contributed by atoms with Crippen molar-refractivity contribution >= 4 is 8.58 Å². The van der Waals surface area contributed by atoms with E-state index in [0.29, 0.717) is 0 Å². The molecule has 2 fully saturated rings. The Bertz CT molecular complexity index is 165. The van der Waals surface area contributed by atoms with Gasteiger partial charge < -0.3 is 4.74 Å². The molecule has 0 N–H and O–H groups in total. The van der Waals surface area contributed by atoms with Gasteiger partial charge in [-0.05, 0) is 31.1 Å². The minimum absolute atomic E-state index is 0.741. The molecule has 15 heavy (non-hydrogen) atoms. The third-order valence-corrected chi connectivity index (χ3v) is 4.28. The van der Waals surface area contributed by atoms with Crippen molar-refractivity contribution < 1.29 is 4.74 Å². The van der Waals surface area contributed by atoms with Gasteiger partial charge in [-0.2, -0.15) is 0 Å². The Morgan fingerprint density at radius 3 is 2.27 bits per heavy atom. The summed E-state index contributed by atoms with van der Waals surface area (Å²) in [6.07, 6.45) is 4.42. The molecule has 0 aromatic rings. The molecule has 2 rings (SSSR count). The maximum Gasteiger partial charge on any atom is 0.0594 e. The smallest absolute Gasteiger partial charge is 0.0594 e. The third kappa shape index (κ3) is 4.38. The number of morpholine rings is 1. The Kier molecular flexibility index (Phi) is 6.11. The van der Waals surface area contributed by atoms with E-state index in [4.69, 9.17) is 4.74 Å². The predicted molar refractivity (Wildman–Crippen MR) is 69.4 cm³/mol. The van der Waals surface area contributed by atoms with Crippen molar-refractivity contribution in [3.63, 3.8) is 0 Å². The molecule has 0 aromatic carbocycles. The van der Waals surface area contributed by atoms with Crippen LogP contribution in [0, 0.1) is 5.41 Å². The molecule has 0 amide bonds. The highest BCUT2D eigenvalue weighted by molar-refractivity contribution is 7.37. The number of nitrogens with zero attached hydrogens (tertiary/aromatic N) is 1. The van der Waals surface area contributed by atoms with Crippen LogP contribution in [0.2, 0.25) is 0 Å². The molecule has 1 unspecified atom stereocenters. The highest BCUT2D eigenvalue weighted by atomic mass is 31.1. The van der Waals surface area contributed by atoms with Gasteiger partial charge in [0.25, 0.3) is 0 Å². The first-order chi connectivity index (χ1) is 7.35. The fourth-order valence-corrected chi connectivity index (χ4v) is 3.39. The van der Waals surface area contributed by atoms with Crippen molar-refractivity contribution in [1.29, 1.82) is 0 Å². The Morgan fingerprint density at radius 1 is 1.20 bits per heavy atom. The molecule has 1 saturated heterocycles. The molecule has 0 spiro atoms. The second-order valence-electron chi connectivity index (χ2n) is 4.42. The molecule has 0 bridgehead atoms. The largest absolute Gasteiger partial charge is 0.379 e. The normalized spacial score (nSPS) is 25.0. The molecule has 2 nitrogen and oxygen atoms in total. The lowest BCUT2D eigenvalue weighted by molar-refractivity contribution is 0.0301. The lowest BCUT2D eigenvalue weighted by atomic mass is 10.1. The van der Waals surface area contributed by atoms with Gasteiger partial charge in [0.15, 0.2) is 0 Å². The van der Waals surface area contributed by atoms with Gasteiger partial charge in [-0.25, -0.2) is 0 Å². The van der Waals surface area contributed by atoms with Crippen LogP contribution in [-0.4, -0.2) is 50.6 Å². The summed E-state index contributed by atoms with van der Waals surface area (Å²) in [4.78, 5) is 2.59. The molecule has 0 radical (unpaired) electrons. The van der Waals surface area contributed by atoms with Gasteiger partial charge in [0, 0.05) is 19.6 Å². The topological polar surface area (TPSA) is 12.5 Å². The number of rotatable bonds is 4. The van der Waals surface area contributed by atoms with Crippen LogP contribution < -0.4 is 0 Å². The first kappa shape index (κ1) is 13.4. The zero-order valence-corrected chi connectivity index (χ0v) is 11.5. The molecular formula is C12H26NOP. The van der Waals surface area contributed by atoms with Crippen LogP contribution in [0.4, 0.5) is 0 Å². The third-order valence-electron chi connectivity index (χ3n) is 3.17. The molecular weight excluding hydrogens is 205 g/mol. The van der Waals surface area contributed by atoms with Gasteiger partial charge in [0.1, 0.15) is 0 Å². The molecule has 1 aliphatic carbocycles. The van der Waals surface area contributed by atoms with Gasteiger partial charge in [0.05, 0.1) is 13.2 Å². The average Bonchev–Trinajstić information content (AvgIpc) is 3.03. The van der Waals surface area contributed by atoms with E-state index >= 15 is 0 Å². The van der Waals surface area contributed by atoms with Crippen LogP contribution >= 0.6 is 8.58 Å². The molecule has 90 valence electrons. The van der Waals surface area contributed by atoms with Crippen LogP contribution in [0.5, 0.6) is 0 Å². The summed E-state index contributed by atoms with van der Waals surface area (Å²) in [5, 5.41) is 0. The second kappa shape index (κ2) is 6.83. The lowest BCUT2D eigenvalue weighted by Gasteiger charge is -2.30. The molecule has 1 saturated carbocycles. The summed E-state index contributed by atoms with van der Waals surface area (Å²) in [7, 11) is 1.13. The molecule has 3 heteroatoms. The van der Waals surface area contributed by atoms with E-state index in [1.165, 1.54) is 25.5 Å². The van der Waals surface area contributed by atoms with Crippen molar-refractivity contribution in [1.82, 2.24) is 4.90 Å².